The molecule has 2 aromatic carbocycles. The number of rotatable bonds is 1. The molecule has 0 saturated heterocycles. The summed E-state index contributed by atoms with van der Waals surface area (Å²) in [6.45, 7) is 2.33. The van der Waals surface area contributed by atoms with Gasteiger partial charge in [0.1, 0.15) is 11.6 Å². The third-order valence-electron chi connectivity index (χ3n) is 3.63. The van der Waals surface area contributed by atoms with Crippen LogP contribution in [0.1, 0.15) is 5.56 Å². The Morgan fingerprint density at radius 1 is 0.950 bits per heavy atom. The van der Waals surface area contributed by atoms with E-state index in [1.54, 1.807) is 0 Å². The predicted octanol–water partition coefficient (Wildman–Crippen LogP) is 3.55. The Hall–Kier alpha value is -1.94. The molecule has 0 saturated carbocycles. The summed E-state index contributed by atoms with van der Waals surface area (Å²) in [4.78, 5) is 4.12. The SMILES string of the molecule is CN1CCN(c2ccc(F)cc2F)c2ccccc2C1. The Bertz CT molecular complexity index is 628. The number of halogens is 2. The molecular weight excluding hydrogens is 258 g/mol. The van der Waals surface area contributed by atoms with Gasteiger partial charge in [0.05, 0.1) is 5.69 Å². The molecule has 0 bridgehead atoms. The summed E-state index contributed by atoms with van der Waals surface area (Å²) in [5.74, 6) is -1.07. The lowest BCUT2D eigenvalue weighted by molar-refractivity contribution is 0.343. The summed E-state index contributed by atoms with van der Waals surface area (Å²) in [6.07, 6.45) is 0. The highest BCUT2D eigenvalue weighted by Gasteiger charge is 2.21. The largest absolute Gasteiger partial charge is 0.338 e. The maximum atomic E-state index is 14.1. The predicted molar refractivity (Wildman–Crippen MR) is 76.1 cm³/mol. The summed E-state index contributed by atoms with van der Waals surface area (Å²) in [6, 6.07) is 11.7. The molecule has 1 heterocycles. The zero-order chi connectivity index (χ0) is 14.1. The average molecular weight is 274 g/mol. The van der Waals surface area contributed by atoms with Crippen LogP contribution in [-0.2, 0) is 6.54 Å². The standard InChI is InChI=1S/C16H16F2N2/c1-19-8-9-20(15-5-3-2-4-12(15)11-19)16-7-6-13(17)10-14(16)18/h2-7,10H,8-9,11H2,1H3. The molecule has 104 valence electrons. The van der Waals surface area contributed by atoms with Gasteiger partial charge in [0.2, 0.25) is 0 Å². The lowest BCUT2D eigenvalue weighted by atomic mass is 10.1. The number of fused-ring (bicyclic) bond motifs is 1. The number of benzene rings is 2. The fourth-order valence-electron chi connectivity index (χ4n) is 2.62. The Balaban J connectivity index is 2.09. The molecule has 0 radical (unpaired) electrons. The Kier molecular flexibility index (Phi) is 3.40. The topological polar surface area (TPSA) is 6.48 Å². The molecule has 0 aliphatic carbocycles. The molecule has 0 fully saturated rings. The molecule has 0 unspecified atom stereocenters. The van der Waals surface area contributed by atoms with Crippen molar-refractivity contribution in [2.75, 3.05) is 25.0 Å². The first-order chi connectivity index (χ1) is 9.65. The van der Waals surface area contributed by atoms with Crippen molar-refractivity contribution in [2.45, 2.75) is 6.54 Å². The first-order valence-electron chi connectivity index (χ1n) is 6.64. The summed E-state index contributed by atoms with van der Waals surface area (Å²) in [5.41, 5.74) is 2.56. The van der Waals surface area contributed by atoms with Crippen molar-refractivity contribution in [1.29, 1.82) is 0 Å². The summed E-state index contributed by atoms with van der Waals surface area (Å²) < 4.78 is 27.1. The Morgan fingerprint density at radius 3 is 2.55 bits per heavy atom. The number of hydrogen-bond donors (Lipinski definition) is 0. The third kappa shape index (κ3) is 2.39. The van der Waals surface area contributed by atoms with Crippen LogP contribution < -0.4 is 4.90 Å². The van der Waals surface area contributed by atoms with Crippen LogP contribution in [0.2, 0.25) is 0 Å². The number of likely N-dealkylation sites (N-methyl/N-ethyl adjacent to an activating group) is 1. The normalized spacial score (nSPS) is 15.8. The van der Waals surface area contributed by atoms with E-state index in [-0.39, 0.29) is 0 Å². The van der Waals surface area contributed by atoms with Crippen LogP contribution in [0.4, 0.5) is 20.2 Å². The summed E-state index contributed by atoms with van der Waals surface area (Å²) in [7, 11) is 2.04. The number of anilines is 2. The fraction of sp³-hybridized carbons (Fsp3) is 0.250. The summed E-state index contributed by atoms with van der Waals surface area (Å²) in [5, 5.41) is 0. The highest BCUT2D eigenvalue weighted by atomic mass is 19.1. The molecule has 20 heavy (non-hydrogen) atoms. The zero-order valence-electron chi connectivity index (χ0n) is 11.3. The van der Waals surface area contributed by atoms with Gasteiger partial charge < -0.3 is 9.80 Å². The van der Waals surface area contributed by atoms with E-state index in [1.165, 1.54) is 12.1 Å². The van der Waals surface area contributed by atoms with E-state index >= 15 is 0 Å². The van der Waals surface area contributed by atoms with Crippen molar-refractivity contribution in [1.82, 2.24) is 4.90 Å². The van der Waals surface area contributed by atoms with Crippen molar-refractivity contribution >= 4 is 11.4 Å². The molecule has 0 N–H and O–H groups in total. The molecule has 0 aromatic heterocycles. The maximum Gasteiger partial charge on any atom is 0.149 e. The van der Waals surface area contributed by atoms with Crippen molar-refractivity contribution in [3.63, 3.8) is 0 Å². The molecule has 0 atom stereocenters. The fourth-order valence-corrected chi connectivity index (χ4v) is 2.62. The first kappa shape index (κ1) is 13.1. The Labute approximate surface area is 117 Å². The van der Waals surface area contributed by atoms with E-state index in [9.17, 15) is 8.78 Å². The van der Waals surface area contributed by atoms with Crippen LogP contribution >= 0.6 is 0 Å². The Morgan fingerprint density at radius 2 is 1.75 bits per heavy atom. The molecule has 2 nitrogen and oxygen atoms in total. The van der Waals surface area contributed by atoms with E-state index in [0.717, 1.165) is 30.4 Å². The molecule has 0 amide bonds. The molecule has 1 aliphatic heterocycles. The minimum atomic E-state index is -0.550. The number of hydrogen-bond acceptors (Lipinski definition) is 2. The highest BCUT2D eigenvalue weighted by molar-refractivity contribution is 5.67. The minimum absolute atomic E-state index is 0.425. The van der Waals surface area contributed by atoms with Crippen LogP contribution in [0.15, 0.2) is 42.5 Å². The second-order valence-electron chi connectivity index (χ2n) is 5.11. The van der Waals surface area contributed by atoms with Crippen molar-refractivity contribution < 1.29 is 8.78 Å². The van der Waals surface area contributed by atoms with Crippen LogP contribution in [0.5, 0.6) is 0 Å². The molecule has 1 aliphatic rings. The lowest BCUT2D eigenvalue weighted by Crippen LogP contribution is -2.26. The molecule has 0 spiro atoms. The quantitative estimate of drug-likeness (QED) is 0.784. The molecule has 2 aromatic rings. The smallest absolute Gasteiger partial charge is 0.149 e. The van der Waals surface area contributed by atoms with Gasteiger partial charge in [-0.1, -0.05) is 18.2 Å². The maximum absolute atomic E-state index is 14.1. The highest BCUT2D eigenvalue weighted by Crippen LogP contribution is 2.32. The van der Waals surface area contributed by atoms with Gasteiger partial charge in [-0.25, -0.2) is 8.78 Å². The zero-order valence-corrected chi connectivity index (χ0v) is 11.3. The number of para-hydroxylation sites is 1. The minimum Gasteiger partial charge on any atom is -0.338 e. The molecule has 3 rings (SSSR count). The van der Waals surface area contributed by atoms with Crippen molar-refractivity contribution in [3.05, 3.63) is 59.7 Å². The van der Waals surface area contributed by atoms with Gasteiger partial charge in [-0.15, -0.1) is 0 Å². The van der Waals surface area contributed by atoms with Crippen LogP contribution in [-0.4, -0.2) is 25.0 Å². The van der Waals surface area contributed by atoms with E-state index < -0.39 is 11.6 Å². The van der Waals surface area contributed by atoms with E-state index in [4.69, 9.17) is 0 Å². The molecular formula is C16H16F2N2. The van der Waals surface area contributed by atoms with Crippen LogP contribution in [0, 0.1) is 11.6 Å². The number of nitrogens with zero attached hydrogens (tertiary/aromatic N) is 2. The van der Waals surface area contributed by atoms with Crippen LogP contribution in [0.25, 0.3) is 0 Å². The van der Waals surface area contributed by atoms with Gasteiger partial charge in [-0.3, -0.25) is 0 Å². The monoisotopic (exact) mass is 274 g/mol. The van der Waals surface area contributed by atoms with E-state index in [0.29, 0.717) is 12.2 Å². The van der Waals surface area contributed by atoms with Crippen molar-refractivity contribution in [2.24, 2.45) is 0 Å². The van der Waals surface area contributed by atoms with Gasteiger partial charge in [-0.2, -0.15) is 0 Å². The van der Waals surface area contributed by atoms with E-state index in [2.05, 4.69) is 4.90 Å². The first-order valence-corrected chi connectivity index (χ1v) is 6.64. The second-order valence-corrected chi connectivity index (χ2v) is 5.11. The van der Waals surface area contributed by atoms with Gasteiger partial charge >= 0.3 is 0 Å². The van der Waals surface area contributed by atoms with Crippen molar-refractivity contribution in [3.8, 4) is 0 Å². The second kappa shape index (κ2) is 5.21. The van der Waals surface area contributed by atoms with Gasteiger partial charge in [-0.05, 0) is 30.8 Å². The van der Waals surface area contributed by atoms with Crippen LogP contribution in [0.3, 0.4) is 0 Å². The lowest BCUT2D eigenvalue weighted by Gasteiger charge is -2.25. The summed E-state index contributed by atoms with van der Waals surface area (Å²) >= 11 is 0. The third-order valence-corrected chi connectivity index (χ3v) is 3.63. The van der Waals surface area contributed by atoms with Gasteiger partial charge in [0.25, 0.3) is 0 Å². The van der Waals surface area contributed by atoms with Gasteiger partial charge in [0.15, 0.2) is 0 Å². The van der Waals surface area contributed by atoms with Gasteiger partial charge in [0, 0.05) is 31.4 Å². The van der Waals surface area contributed by atoms with E-state index in [1.807, 2.05) is 36.2 Å². The molecule has 4 heteroatoms. The average Bonchev–Trinajstić information content (AvgIpc) is 2.58.